The van der Waals surface area contributed by atoms with Gasteiger partial charge in [0.15, 0.2) is 0 Å². The lowest BCUT2D eigenvalue weighted by molar-refractivity contribution is -0.138. The Labute approximate surface area is 158 Å². The summed E-state index contributed by atoms with van der Waals surface area (Å²) in [5.74, 6) is -0.316. The van der Waals surface area contributed by atoms with Crippen molar-refractivity contribution in [3.63, 3.8) is 0 Å². The molecule has 1 aromatic carbocycles. The first kappa shape index (κ1) is 20.5. The van der Waals surface area contributed by atoms with Crippen LogP contribution in [0.4, 0.5) is 5.69 Å². The number of benzene rings is 1. The predicted octanol–water partition coefficient (Wildman–Crippen LogP) is 2.16. The molecule has 0 bridgehead atoms. The summed E-state index contributed by atoms with van der Waals surface area (Å²) >= 11 is 5.97. The standard InChI is InChI=1S/C18H26ClN3O4/c1-21(12-18(24)25)14-5-8-22(9-6-14)10-7-17(23)20-15-11-13(19)3-4-16(15)26-2/h3-4,11,14H,5-10,12H2,1-2H3,(H,20,23)(H,24,25). The van der Waals surface area contributed by atoms with E-state index < -0.39 is 5.97 Å². The molecule has 7 nitrogen and oxygen atoms in total. The zero-order chi connectivity index (χ0) is 19.1. The molecule has 0 saturated carbocycles. The van der Waals surface area contributed by atoms with E-state index in [0.29, 0.717) is 29.4 Å². The van der Waals surface area contributed by atoms with E-state index in [9.17, 15) is 9.59 Å². The zero-order valence-electron chi connectivity index (χ0n) is 15.2. The van der Waals surface area contributed by atoms with Crippen LogP contribution in [-0.4, -0.2) is 73.2 Å². The fraction of sp³-hybridized carbons (Fsp3) is 0.556. The van der Waals surface area contributed by atoms with Gasteiger partial charge in [-0.2, -0.15) is 0 Å². The average molecular weight is 384 g/mol. The Morgan fingerprint density at radius 3 is 2.69 bits per heavy atom. The number of carbonyl (C=O) groups is 2. The zero-order valence-corrected chi connectivity index (χ0v) is 16.0. The van der Waals surface area contributed by atoms with Gasteiger partial charge in [-0.3, -0.25) is 14.5 Å². The number of likely N-dealkylation sites (tertiary alicyclic amines) is 1. The van der Waals surface area contributed by atoms with Gasteiger partial charge in [0, 0.05) is 24.0 Å². The fourth-order valence-electron chi connectivity index (χ4n) is 3.18. The number of methoxy groups -OCH3 is 1. The van der Waals surface area contributed by atoms with Crippen LogP contribution in [0.3, 0.4) is 0 Å². The first-order valence-electron chi connectivity index (χ1n) is 8.67. The van der Waals surface area contributed by atoms with Crippen LogP contribution in [0, 0.1) is 0 Å². The highest BCUT2D eigenvalue weighted by Gasteiger charge is 2.23. The molecule has 0 spiro atoms. The molecule has 1 aromatic rings. The van der Waals surface area contributed by atoms with Gasteiger partial charge in [-0.1, -0.05) is 11.6 Å². The molecule has 1 amide bonds. The van der Waals surface area contributed by atoms with Crippen molar-refractivity contribution >= 4 is 29.2 Å². The molecule has 1 aliphatic heterocycles. The van der Waals surface area contributed by atoms with E-state index in [1.54, 1.807) is 25.3 Å². The number of hydrogen-bond acceptors (Lipinski definition) is 5. The van der Waals surface area contributed by atoms with Crippen LogP contribution in [0.25, 0.3) is 0 Å². The Hall–Kier alpha value is -1.83. The minimum absolute atomic E-state index is 0.0640. The third-order valence-corrected chi connectivity index (χ3v) is 4.89. The first-order valence-corrected chi connectivity index (χ1v) is 9.04. The van der Waals surface area contributed by atoms with Gasteiger partial charge in [0.05, 0.1) is 19.3 Å². The number of aliphatic carboxylic acids is 1. The Morgan fingerprint density at radius 2 is 2.08 bits per heavy atom. The van der Waals surface area contributed by atoms with E-state index in [2.05, 4.69) is 10.2 Å². The van der Waals surface area contributed by atoms with Crippen LogP contribution in [-0.2, 0) is 9.59 Å². The summed E-state index contributed by atoms with van der Waals surface area (Å²) in [6.07, 6.45) is 2.20. The second kappa shape index (κ2) is 9.75. The number of amides is 1. The summed E-state index contributed by atoms with van der Waals surface area (Å²) in [4.78, 5) is 27.1. The molecule has 144 valence electrons. The topological polar surface area (TPSA) is 82.1 Å². The smallest absolute Gasteiger partial charge is 0.317 e. The van der Waals surface area contributed by atoms with Gasteiger partial charge in [-0.15, -0.1) is 0 Å². The molecule has 2 N–H and O–H groups in total. The number of nitrogens with zero attached hydrogens (tertiary/aromatic N) is 2. The van der Waals surface area contributed by atoms with Crippen molar-refractivity contribution in [3.05, 3.63) is 23.2 Å². The van der Waals surface area contributed by atoms with Crippen molar-refractivity contribution in [3.8, 4) is 5.75 Å². The summed E-state index contributed by atoms with van der Waals surface area (Å²) in [7, 11) is 3.39. The van der Waals surface area contributed by atoms with E-state index in [0.717, 1.165) is 25.9 Å². The van der Waals surface area contributed by atoms with Crippen molar-refractivity contribution in [1.82, 2.24) is 9.80 Å². The van der Waals surface area contributed by atoms with Crippen LogP contribution in [0.2, 0.25) is 5.02 Å². The lowest BCUT2D eigenvalue weighted by Crippen LogP contribution is -2.45. The predicted molar refractivity (Wildman–Crippen MR) is 101 cm³/mol. The number of ether oxygens (including phenoxy) is 1. The third kappa shape index (κ3) is 6.16. The van der Waals surface area contributed by atoms with Crippen LogP contribution >= 0.6 is 11.6 Å². The Morgan fingerprint density at radius 1 is 1.38 bits per heavy atom. The number of carboxylic acids is 1. The molecule has 0 aromatic heterocycles. The van der Waals surface area contributed by atoms with Crippen LogP contribution < -0.4 is 10.1 Å². The molecule has 1 aliphatic rings. The number of halogens is 1. The fourth-order valence-corrected chi connectivity index (χ4v) is 3.35. The molecule has 0 radical (unpaired) electrons. The van der Waals surface area contributed by atoms with Crippen molar-refractivity contribution in [2.24, 2.45) is 0 Å². The maximum Gasteiger partial charge on any atom is 0.317 e. The highest BCUT2D eigenvalue weighted by molar-refractivity contribution is 6.31. The maximum absolute atomic E-state index is 12.2. The summed E-state index contributed by atoms with van der Waals surface area (Å²) in [5.41, 5.74) is 0.569. The van der Waals surface area contributed by atoms with Crippen molar-refractivity contribution in [1.29, 1.82) is 0 Å². The summed E-state index contributed by atoms with van der Waals surface area (Å²) in [5, 5.41) is 12.3. The second-order valence-electron chi connectivity index (χ2n) is 6.52. The minimum atomic E-state index is -0.803. The third-order valence-electron chi connectivity index (χ3n) is 4.66. The van der Waals surface area contributed by atoms with Crippen molar-refractivity contribution in [2.45, 2.75) is 25.3 Å². The van der Waals surface area contributed by atoms with Crippen LogP contribution in [0.1, 0.15) is 19.3 Å². The number of piperidine rings is 1. The van der Waals surface area contributed by atoms with Gasteiger partial charge in [-0.25, -0.2) is 0 Å². The lowest BCUT2D eigenvalue weighted by atomic mass is 10.0. The molecule has 2 rings (SSSR count). The molecular weight excluding hydrogens is 358 g/mol. The van der Waals surface area contributed by atoms with Crippen molar-refractivity contribution in [2.75, 3.05) is 45.7 Å². The molecular formula is C18H26ClN3O4. The van der Waals surface area contributed by atoms with Gasteiger partial charge >= 0.3 is 5.97 Å². The Kier molecular flexibility index (Phi) is 7.68. The molecule has 1 fully saturated rings. The van der Waals surface area contributed by atoms with Crippen LogP contribution in [0.5, 0.6) is 5.75 Å². The van der Waals surface area contributed by atoms with Gasteiger partial charge in [0.25, 0.3) is 0 Å². The highest BCUT2D eigenvalue weighted by atomic mass is 35.5. The highest BCUT2D eigenvalue weighted by Crippen LogP contribution is 2.27. The largest absolute Gasteiger partial charge is 0.495 e. The van der Waals surface area contributed by atoms with E-state index >= 15 is 0 Å². The number of rotatable bonds is 8. The van der Waals surface area contributed by atoms with E-state index in [1.165, 1.54) is 0 Å². The number of carboxylic acid groups (broad SMARTS) is 1. The normalized spacial score (nSPS) is 15.8. The molecule has 0 unspecified atom stereocenters. The van der Waals surface area contributed by atoms with Gasteiger partial charge in [0.2, 0.25) is 5.91 Å². The quantitative estimate of drug-likeness (QED) is 0.715. The monoisotopic (exact) mass is 383 g/mol. The van der Waals surface area contributed by atoms with Crippen molar-refractivity contribution < 1.29 is 19.4 Å². The summed E-state index contributed by atoms with van der Waals surface area (Å²) in [6, 6.07) is 5.38. The molecule has 26 heavy (non-hydrogen) atoms. The minimum Gasteiger partial charge on any atom is -0.495 e. The number of hydrogen-bond donors (Lipinski definition) is 2. The molecule has 0 aliphatic carbocycles. The molecule has 1 saturated heterocycles. The van der Waals surface area contributed by atoms with E-state index in [1.807, 2.05) is 11.9 Å². The maximum atomic E-state index is 12.2. The molecule has 0 atom stereocenters. The van der Waals surface area contributed by atoms with Crippen LogP contribution in [0.15, 0.2) is 18.2 Å². The molecule has 8 heteroatoms. The summed E-state index contributed by atoms with van der Waals surface area (Å²) < 4.78 is 5.23. The Bertz CT molecular complexity index is 633. The van der Waals surface area contributed by atoms with Gasteiger partial charge in [-0.05, 0) is 51.2 Å². The van der Waals surface area contributed by atoms with E-state index in [-0.39, 0.29) is 18.5 Å². The summed E-state index contributed by atoms with van der Waals surface area (Å²) in [6.45, 7) is 2.46. The average Bonchev–Trinajstić information content (AvgIpc) is 2.60. The SMILES string of the molecule is COc1ccc(Cl)cc1NC(=O)CCN1CCC(N(C)CC(=O)O)CC1. The second-order valence-corrected chi connectivity index (χ2v) is 6.96. The van der Waals surface area contributed by atoms with Gasteiger partial charge < -0.3 is 20.1 Å². The van der Waals surface area contributed by atoms with E-state index in [4.69, 9.17) is 21.4 Å². The number of anilines is 1. The first-order chi connectivity index (χ1) is 12.4. The number of carbonyl (C=O) groups excluding carboxylic acids is 1. The lowest BCUT2D eigenvalue weighted by Gasteiger charge is -2.36. The van der Waals surface area contributed by atoms with Gasteiger partial charge in [0.1, 0.15) is 5.75 Å². The number of likely N-dealkylation sites (N-methyl/N-ethyl adjacent to an activating group) is 1. The molecule has 1 heterocycles. The number of nitrogens with one attached hydrogen (secondary N) is 1. The Balaban J connectivity index is 1.75.